The highest BCUT2D eigenvalue weighted by atomic mass is 19.1. The van der Waals surface area contributed by atoms with Gasteiger partial charge in [0.15, 0.2) is 5.82 Å². The normalized spacial score (nSPS) is 14.8. The molecule has 5 heterocycles. The molecule has 10 nitrogen and oxygen atoms in total. The summed E-state index contributed by atoms with van der Waals surface area (Å²) in [6.45, 7) is 15.9. The van der Waals surface area contributed by atoms with Crippen LogP contribution in [0.5, 0.6) is 0 Å². The SMILES string of the molecule is [C-]#[N+]c1cn(C)c2ncnc(-c3nc(Nc4ccc(CN5CCN(CC)CC5)cn4)ncc3F)c12. The van der Waals surface area contributed by atoms with Crippen molar-refractivity contribution in [3.05, 3.63) is 59.8 Å². The fraction of sp³-hybridized carbons (Fsp3) is 0.333. The molecular formula is C24H25FN10. The Labute approximate surface area is 202 Å². The van der Waals surface area contributed by atoms with Gasteiger partial charge in [-0.15, -0.1) is 0 Å². The topological polar surface area (TPSA) is 92.2 Å². The molecule has 0 aliphatic carbocycles. The Morgan fingerprint density at radius 1 is 1.03 bits per heavy atom. The number of rotatable bonds is 6. The highest BCUT2D eigenvalue weighted by Crippen LogP contribution is 2.34. The molecule has 35 heavy (non-hydrogen) atoms. The van der Waals surface area contributed by atoms with Gasteiger partial charge >= 0.3 is 0 Å². The number of nitrogens with one attached hydrogen (secondary N) is 1. The van der Waals surface area contributed by atoms with Crippen LogP contribution < -0.4 is 5.32 Å². The first-order chi connectivity index (χ1) is 17.1. The summed E-state index contributed by atoms with van der Waals surface area (Å²) in [6, 6.07) is 3.88. The number of hydrogen-bond donors (Lipinski definition) is 1. The Balaban J connectivity index is 1.35. The third-order valence-electron chi connectivity index (χ3n) is 6.21. The number of aromatic nitrogens is 6. The lowest BCUT2D eigenvalue weighted by Gasteiger charge is -2.33. The highest BCUT2D eigenvalue weighted by Gasteiger charge is 2.20. The molecule has 0 bridgehead atoms. The first kappa shape index (κ1) is 22.8. The zero-order valence-corrected chi connectivity index (χ0v) is 19.6. The molecule has 0 aromatic carbocycles. The van der Waals surface area contributed by atoms with Crippen LogP contribution in [0.25, 0.3) is 27.3 Å². The van der Waals surface area contributed by atoms with E-state index in [2.05, 4.69) is 51.8 Å². The molecule has 5 rings (SSSR count). The zero-order chi connectivity index (χ0) is 24.4. The lowest BCUT2D eigenvalue weighted by molar-refractivity contribution is 0.132. The van der Waals surface area contributed by atoms with E-state index in [0.29, 0.717) is 22.5 Å². The van der Waals surface area contributed by atoms with E-state index in [9.17, 15) is 4.39 Å². The average Bonchev–Trinajstić information content (AvgIpc) is 3.23. The molecule has 0 spiro atoms. The maximum Gasteiger partial charge on any atom is 0.229 e. The molecule has 0 atom stereocenters. The fourth-order valence-electron chi connectivity index (χ4n) is 4.27. The number of piperazine rings is 1. The molecule has 0 unspecified atom stereocenters. The second kappa shape index (κ2) is 9.69. The summed E-state index contributed by atoms with van der Waals surface area (Å²) in [5, 5.41) is 3.49. The predicted molar refractivity (Wildman–Crippen MR) is 131 cm³/mol. The van der Waals surface area contributed by atoms with Crippen LogP contribution in [0, 0.1) is 12.4 Å². The van der Waals surface area contributed by atoms with E-state index in [1.807, 2.05) is 18.3 Å². The predicted octanol–water partition coefficient (Wildman–Crippen LogP) is 3.39. The summed E-state index contributed by atoms with van der Waals surface area (Å²) in [7, 11) is 1.78. The van der Waals surface area contributed by atoms with Gasteiger partial charge in [0.2, 0.25) is 11.6 Å². The summed E-state index contributed by atoms with van der Waals surface area (Å²) < 4.78 is 16.5. The number of fused-ring (bicyclic) bond motifs is 1. The maximum absolute atomic E-state index is 14.8. The van der Waals surface area contributed by atoms with Gasteiger partial charge in [-0.2, -0.15) is 0 Å². The van der Waals surface area contributed by atoms with E-state index < -0.39 is 5.82 Å². The quantitative estimate of drug-likeness (QED) is 0.427. The van der Waals surface area contributed by atoms with Gasteiger partial charge < -0.3 is 14.8 Å². The second-order valence-corrected chi connectivity index (χ2v) is 8.44. The van der Waals surface area contributed by atoms with Gasteiger partial charge in [0.25, 0.3) is 0 Å². The molecule has 1 N–H and O–H groups in total. The summed E-state index contributed by atoms with van der Waals surface area (Å²) in [6.07, 6.45) is 5.90. The number of likely N-dealkylation sites (N-methyl/N-ethyl adjacent to an activating group) is 1. The van der Waals surface area contributed by atoms with Gasteiger partial charge in [-0.3, -0.25) is 4.90 Å². The number of hydrogen-bond acceptors (Lipinski definition) is 8. The van der Waals surface area contributed by atoms with Crippen LogP contribution in [0.1, 0.15) is 12.5 Å². The molecule has 0 radical (unpaired) electrons. The van der Waals surface area contributed by atoms with Gasteiger partial charge in [-0.05, 0) is 18.2 Å². The highest BCUT2D eigenvalue weighted by molar-refractivity contribution is 6.00. The van der Waals surface area contributed by atoms with Crippen LogP contribution in [-0.2, 0) is 13.6 Å². The van der Waals surface area contributed by atoms with Crippen LogP contribution >= 0.6 is 0 Å². The van der Waals surface area contributed by atoms with E-state index in [1.54, 1.807) is 17.8 Å². The summed E-state index contributed by atoms with van der Waals surface area (Å²) in [5.74, 6) is 0.0997. The van der Waals surface area contributed by atoms with Gasteiger partial charge in [-0.25, -0.2) is 34.2 Å². The molecule has 178 valence electrons. The minimum Gasteiger partial charge on any atom is -0.347 e. The largest absolute Gasteiger partial charge is 0.347 e. The van der Waals surface area contributed by atoms with Crippen molar-refractivity contribution in [2.24, 2.45) is 7.05 Å². The smallest absolute Gasteiger partial charge is 0.229 e. The van der Waals surface area contributed by atoms with Crippen molar-refractivity contribution >= 4 is 28.5 Å². The Morgan fingerprint density at radius 3 is 2.54 bits per heavy atom. The minimum atomic E-state index is -0.637. The average molecular weight is 473 g/mol. The maximum atomic E-state index is 14.8. The summed E-state index contributed by atoms with van der Waals surface area (Å²) in [4.78, 5) is 29.8. The molecule has 1 aliphatic rings. The van der Waals surface area contributed by atoms with Gasteiger partial charge in [0, 0.05) is 52.2 Å². The second-order valence-electron chi connectivity index (χ2n) is 8.44. The first-order valence-electron chi connectivity index (χ1n) is 11.4. The third-order valence-corrected chi connectivity index (χ3v) is 6.21. The molecule has 0 amide bonds. The Hall–Kier alpha value is -4.01. The van der Waals surface area contributed by atoms with E-state index in [1.165, 1.54) is 6.33 Å². The third kappa shape index (κ3) is 4.66. The summed E-state index contributed by atoms with van der Waals surface area (Å²) >= 11 is 0. The van der Waals surface area contributed by atoms with Crippen molar-refractivity contribution in [1.82, 2.24) is 39.3 Å². The Morgan fingerprint density at radius 2 is 1.83 bits per heavy atom. The van der Waals surface area contributed by atoms with Crippen molar-refractivity contribution in [2.75, 3.05) is 38.0 Å². The number of pyridine rings is 1. The van der Waals surface area contributed by atoms with Crippen molar-refractivity contribution in [1.29, 1.82) is 0 Å². The van der Waals surface area contributed by atoms with Crippen LogP contribution in [0.4, 0.5) is 21.8 Å². The molecule has 0 saturated carbocycles. The van der Waals surface area contributed by atoms with E-state index in [0.717, 1.165) is 51.0 Å². The van der Waals surface area contributed by atoms with E-state index in [4.69, 9.17) is 6.57 Å². The fourth-order valence-corrected chi connectivity index (χ4v) is 4.27. The Bertz CT molecular complexity index is 1380. The van der Waals surface area contributed by atoms with Gasteiger partial charge in [-0.1, -0.05) is 13.0 Å². The minimum absolute atomic E-state index is 0.00570. The molecule has 4 aromatic rings. The molecule has 1 saturated heterocycles. The van der Waals surface area contributed by atoms with Crippen LogP contribution in [-0.4, -0.2) is 72.0 Å². The number of nitrogens with zero attached hydrogens (tertiary/aromatic N) is 9. The van der Waals surface area contributed by atoms with Crippen LogP contribution in [0.3, 0.4) is 0 Å². The van der Waals surface area contributed by atoms with Crippen molar-refractivity contribution in [3.8, 4) is 11.4 Å². The number of anilines is 2. The van der Waals surface area contributed by atoms with Gasteiger partial charge in [0.05, 0.1) is 23.8 Å². The molecule has 1 aliphatic heterocycles. The van der Waals surface area contributed by atoms with Crippen molar-refractivity contribution in [3.63, 3.8) is 0 Å². The lowest BCUT2D eigenvalue weighted by atomic mass is 10.2. The monoisotopic (exact) mass is 472 g/mol. The van der Waals surface area contributed by atoms with Gasteiger partial charge in [0.1, 0.15) is 23.5 Å². The number of aryl methyl sites for hydroxylation is 1. The van der Waals surface area contributed by atoms with Crippen molar-refractivity contribution in [2.45, 2.75) is 13.5 Å². The van der Waals surface area contributed by atoms with Crippen LogP contribution in [0.2, 0.25) is 0 Å². The van der Waals surface area contributed by atoms with Crippen LogP contribution in [0.15, 0.2) is 37.1 Å². The first-order valence-corrected chi connectivity index (χ1v) is 11.4. The van der Waals surface area contributed by atoms with E-state index >= 15 is 0 Å². The molecule has 11 heteroatoms. The molecular weight excluding hydrogens is 447 g/mol. The standard InChI is InChI=1S/C24H25FN10/c1-4-34-7-9-35(10-8-34)13-16-5-6-19(27-11-16)31-24-28-12-17(25)21(32-24)22-20-18(26-2)14-33(3)23(20)30-15-29-22/h5-6,11-12,14-15H,4,7-10,13H2,1,3H3,(H,27,28,31,32). The van der Waals surface area contributed by atoms with E-state index in [-0.39, 0.29) is 17.3 Å². The molecule has 1 fully saturated rings. The molecule has 4 aromatic heterocycles. The summed E-state index contributed by atoms with van der Waals surface area (Å²) in [5.41, 5.74) is 2.23. The Kier molecular flexibility index (Phi) is 6.31. The van der Waals surface area contributed by atoms with Crippen molar-refractivity contribution < 1.29 is 4.39 Å². The lowest BCUT2D eigenvalue weighted by Crippen LogP contribution is -2.45. The number of halogens is 1. The zero-order valence-electron chi connectivity index (χ0n) is 19.6.